The highest BCUT2D eigenvalue weighted by atomic mass is 16.7. The van der Waals surface area contributed by atoms with Crippen LogP contribution in [-0.4, -0.2) is 119 Å². The van der Waals surface area contributed by atoms with Crippen LogP contribution in [0.4, 0.5) is 0 Å². The maximum Gasteiger partial charge on any atom is 0.305 e. The molecule has 33 heavy (non-hydrogen) atoms. The summed E-state index contributed by atoms with van der Waals surface area (Å²) in [5.74, 6) is -2.19. The fraction of sp³-hybridized carbons (Fsp3) is 0.842. The van der Waals surface area contributed by atoms with Crippen LogP contribution in [-0.2, 0) is 42.8 Å². The van der Waals surface area contributed by atoms with Crippen molar-refractivity contribution in [2.24, 2.45) is 0 Å². The van der Waals surface area contributed by atoms with Crippen molar-refractivity contribution in [3.8, 4) is 0 Å². The lowest BCUT2D eigenvalue weighted by Crippen LogP contribution is -2.62. The molecule has 1 aliphatic rings. The predicted octanol–water partition coefficient (Wildman–Crippen LogP) is -3.05. The van der Waals surface area contributed by atoms with Crippen molar-refractivity contribution < 1.29 is 68.3 Å². The molecule has 5 N–H and O–H groups in total. The SMILES string of the molecule is CC(=O)OCC(OC(OC1C(COC(C)=O)OC(OC(C)=O)C(O)C1O)[C@@H](O)CO)C(C)O. The monoisotopic (exact) mass is 484 g/mol. The van der Waals surface area contributed by atoms with Crippen molar-refractivity contribution in [2.75, 3.05) is 19.8 Å². The maximum absolute atomic E-state index is 11.3. The third kappa shape index (κ3) is 9.46. The summed E-state index contributed by atoms with van der Waals surface area (Å²) in [6.45, 7) is 2.79. The molecule has 1 aliphatic heterocycles. The standard InChI is InChI=1S/C19H32O14/c1-8(21)13(6-28-9(2)22)31-18(12(25)5-20)33-17-14(7-29-10(3)23)32-19(30-11(4)24)16(27)15(17)26/h8,12-21,25-27H,5-7H2,1-4H3/t8?,12-,13?,14?,15?,16?,17?,18?,19?/m0/s1. The summed E-state index contributed by atoms with van der Waals surface area (Å²) < 4.78 is 30.9. The first kappa shape index (κ1) is 29.1. The number of hydrogen-bond donors (Lipinski definition) is 5. The summed E-state index contributed by atoms with van der Waals surface area (Å²) >= 11 is 0. The molecule has 0 radical (unpaired) electrons. The van der Waals surface area contributed by atoms with Gasteiger partial charge in [-0.05, 0) is 6.92 Å². The van der Waals surface area contributed by atoms with Crippen molar-refractivity contribution in [2.45, 2.75) is 83.0 Å². The lowest BCUT2D eigenvalue weighted by molar-refractivity contribution is -0.336. The van der Waals surface area contributed by atoms with Crippen LogP contribution in [0, 0.1) is 0 Å². The average Bonchev–Trinajstić information content (AvgIpc) is 2.72. The molecule has 0 amide bonds. The van der Waals surface area contributed by atoms with Gasteiger partial charge in [0.15, 0.2) is 6.29 Å². The smallest absolute Gasteiger partial charge is 0.305 e. The van der Waals surface area contributed by atoms with Gasteiger partial charge in [0, 0.05) is 20.8 Å². The van der Waals surface area contributed by atoms with Crippen molar-refractivity contribution in [1.29, 1.82) is 0 Å². The molecule has 192 valence electrons. The molecule has 1 rings (SSSR count). The van der Waals surface area contributed by atoms with Crippen LogP contribution in [0.5, 0.6) is 0 Å². The van der Waals surface area contributed by atoms with Crippen molar-refractivity contribution in [3.05, 3.63) is 0 Å². The van der Waals surface area contributed by atoms with E-state index in [0.717, 1.165) is 20.8 Å². The molecule has 1 heterocycles. The van der Waals surface area contributed by atoms with Gasteiger partial charge in [0.1, 0.15) is 49.8 Å². The highest BCUT2D eigenvalue weighted by Gasteiger charge is 2.49. The number of esters is 3. The van der Waals surface area contributed by atoms with E-state index in [9.17, 15) is 39.9 Å². The Balaban J connectivity index is 3.11. The zero-order valence-corrected chi connectivity index (χ0v) is 18.7. The number of carbonyl (C=O) groups excluding carboxylic acids is 3. The Morgan fingerprint density at radius 2 is 1.58 bits per heavy atom. The molecular formula is C19H32O14. The normalized spacial score (nSPS) is 28.8. The number of carbonyl (C=O) groups is 3. The highest BCUT2D eigenvalue weighted by Crippen LogP contribution is 2.27. The summed E-state index contributed by atoms with van der Waals surface area (Å²) in [7, 11) is 0. The van der Waals surface area contributed by atoms with E-state index in [-0.39, 0.29) is 0 Å². The second-order valence-corrected chi connectivity index (χ2v) is 7.37. The van der Waals surface area contributed by atoms with E-state index in [2.05, 4.69) is 0 Å². The van der Waals surface area contributed by atoms with E-state index >= 15 is 0 Å². The molecule has 9 atom stereocenters. The Kier molecular flexibility index (Phi) is 12.1. The second-order valence-electron chi connectivity index (χ2n) is 7.37. The molecule has 0 aromatic rings. The second kappa shape index (κ2) is 13.7. The molecule has 0 aliphatic carbocycles. The Hall–Kier alpha value is -1.91. The minimum absolute atomic E-state index is 0.428. The molecule has 0 spiro atoms. The molecule has 1 saturated heterocycles. The average molecular weight is 484 g/mol. The van der Waals surface area contributed by atoms with E-state index in [1.807, 2.05) is 0 Å². The third-order valence-electron chi connectivity index (χ3n) is 4.46. The van der Waals surface area contributed by atoms with Crippen molar-refractivity contribution >= 4 is 17.9 Å². The van der Waals surface area contributed by atoms with E-state index in [1.165, 1.54) is 6.92 Å². The Labute approximate surface area is 189 Å². The lowest BCUT2D eigenvalue weighted by Gasteiger charge is -2.43. The van der Waals surface area contributed by atoms with Crippen LogP contribution in [0.2, 0.25) is 0 Å². The highest BCUT2D eigenvalue weighted by molar-refractivity contribution is 5.66. The number of aliphatic hydroxyl groups is 5. The van der Waals surface area contributed by atoms with Crippen molar-refractivity contribution in [1.82, 2.24) is 0 Å². The summed E-state index contributed by atoms with van der Waals surface area (Å²) in [4.78, 5) is 33.6. The summed E-state index contributed by atoms with van der Waals surface area (Å²) in [5, 5.41) is 50.3. The maximum atomic E-state index is 11.3. The van der Waals surface area contributed by atoms with Crippen LogP contribution < -0.4 is 0 Å². The molecular weight excluding hydrogens is 452 g/mol. The van der Waals surface area contributed by atoms with Crippen LogP contribution in [0.15, 0.2) is 0 Å². The predicted molar refractivity (Wildman–Crippen MR) is 104 cm³/mol. The Morgan fingerprint density at radius 1 is 0.970 bits per heavy atom. The summed E-state index contributed by atoms with van der Waals surface area (Å²) in [5.41, 5.74) is 0. The van der Waals surface area contributed by atoms with Gasteiger partial charge in [-0.15, -0.1) is 0 Å². The van der Waals surface area contributed by atoms with Crippen LogP contribution in [0.1, 0.15) is 27.7 Å². The summed E-state index contributed by atoms with van der Waals surface area (Å²) in [6, 6.07) is 0. The molecule has 8 unspecified atom stereocenters. The first-order valence-electron chi connectivity index (χ1n) is 10.1. The van der Waals surface area contributed by atoms with Gasteiger partial charge in [0.05, 0.1) is 12.7 Å². The van der Waals surface area contributed by atoms with Crippen LogP contribution >= 0.6 is 0 Å². The lowest BCUT2D eigenvalue weighted by atomic mass is 9.98. The van der Waals surface area contributed by atoms with Gasteiger partial charge in [-0.25, -0.2) is 0 Å². The minimum atomic E-state index is -1.80. The van der Waals surface area contributed by atoms with E-state index in [1.54, 1.807) is 0 Å². The first-order chi connectivity index (χ1) is 15.4. The Morgan fingerprint density at radius 3 is 2.06 bits per heavy atom. The van der Waals surface area contributed by atoms with Gasteiger partial charge < -0.3 is 54.0 Å². The molecule has 14 nitrogen and oxygen atoms in total. The minimum Gasteiger partial charge on any atom is -0.463 e. The van der Waals surface area contributed by atoms with Crippen LogP contribution in [0.3, 0.4) is 0 Å². The van der Waals surface area contributed by atoms with Gasteiger partial charge in [0.2, 0.25) is 6.29 Å². The molecule has 0 saturated carbocycles. The van der Waals surface area contributed by atoms with Gasteiger partial charge in [-0.3, -0.25) is 14.4 Å². The first-order valence-corrected chi connectivity index (χ1v) is 10.1. The Bertz CT molecular complexity index is 640. The number of hydrogen-bond acceptors (Lipinski definition) is 14. The fourth-order valence-electron chi connectivity index (χ4n) is 2.79. The summed E-state index contributed by atoms with van der Waals surface area (Å²) in [6.07, 6.45) is -13.9. The van der Waals surface area contributed by atoms with Gasteiger partial charge in [-0.1, -0.05) is 0 Å². The zero-order valence-electron chi connectivity index (χ0n) is 18.7. The molecule has 0 bridgehead atoms. The number of rotatable bonds is 12. The van der Waals surface area contributed by atoms with Crippen molar-refractivity contribution in [3.63, 3.8) is 0 Å². The third-order valence-corrected chi connectivity index (χ3v) is 4.46. The van der Waals surface area contributed by atoms with E-state index in [0.29, 0.717) is 0 Å². The molecule has 14 heteroatoms. The molecule has 1 fully saturated rings. The van der Waals surface area contributed by atoms with E-state index < -0.39 is 93.0 Å². The quantitative estimate of drug-likeness (QED) is 0.106. The topological polar surface area (TPSA) is 208 Å². The number of aliphatic hydroxyl groups excluding tert-OH is 5. The van der Waals surface area contributed by atoms with E-state index in [4.69, 9.17) is 28.4 Å². The van der Waals surface area contributed by atoms with Gasteiger partial charge >= 0.3 is 17.9 Å². The van der Waals surface area contributed by atoms with Gasteiger partial charge in [-0.2, -0.15) is 0 Å². The van der Waals surface area contributed by atoms with Crippen LogP contribution in [0.25, 0.3) is 0 Å². The largest absolute Gasteiger partial charge is 0.463 e. The fourth-order valence-corrected chi connectivity index (χ4v) is 2.79. The van der Waals surface area contributed by atoms with Gasteiger partial charge in [0.25, 0.3) is 0 Å². The molecule has 0 aromatic carbocycles. The molecule has 0 aromatic heterocycles. The number of ether oxygens (including phenoxy) is 6. The zero-order chi connectivity index (χ0) is 25.3.